The summed E-state index contributed by atoms with van der Waals surface area (Å²) < 4.78 is 6.24. The predicted octanol–water partition coefficient (Wildman–Crippen LogP) is 4.61. The van der Waals surface area contributed by atoms with Gasteiger partial charge < -0.3 is 9.73 Å². The quantitative estimate of drug-likeness (QED) is 0.692. The Kier molecular flexibility index (Phi) is 4.68. The van der Waals surface area contributed by atoms with E-state index < -0.39 is 0 Å². The van der Waals surface area contributed by atoms with Crippen LogP contribution in [0.2, 0.25) is 0 Å². The predicted molar refractivity (Wildman–Crippen MR) is 110 cm³/mol. The second kappa shape index (κ2) is 6.72. The van der Waals surface area contributed by atoms with E-state index in [-0.39, 0.29) is 24.8 Å². The maximum atomic E-state index is 6.24. The van der Waals surface area contributed by atoms with Crippen LogP contribution in [0.4, 0.5) is 0 Å². The SMILES string of the molecule is Cl.Cl.c1ccc2c(c1)oc1c(CN3[C@@H]4CC[C@H]3[C@H]3CNC[C@H]34)cccc12. The molecule has 3 nitrogen and oxygen atoms in total. The lowest BCUT2D eigenvalue weighted by molar-refractivity contribution is 0.218. The Morgan fingerprint density at radius 1 is 0.885 bits per heavy atom. The third-order valence-electron chi connectivity index (χ3n) is 6.75. The Labute approximate surface area is 165 Å². The lowest BCUT2D eigenvalue weighted by Gasteiger charge is -2.24. The molecule has 5 heteroatoms. The Hall–Kier alpha value is -1.26. The third kappa shape index (κ3) is 2.41. The van der Waals surface area contributed by atoms with Crippen LogP contribution in [0.15, 0.2) is 46.9 Å². The topological polar surface area (TPSA) is 28.4 Å². The van der Waals surface area contributed by atoms with Crippen LogP contribution in [0, 0.1) is 11.8 Å². The van der Waals surface area contributed by atoms with Crippen LogP contribution in [0.5, 0.6) is 0 Å². The van der Waals surface area contributed by atoms with Gasteiger partial charge in [-0.1, -0.05) is 36.4 Å². The van der Waals surface area contributed by atoms with Gasteiger partial charge in [0.15, 0.2) is 0 Å². The van der Waals surface area contributed by atoms with E-state index in [9.17, 15) is 0 Å². The van der Waals surface area contributed by atoms with E-state index in [4.69, 9.17) is 4.42 Å². The minimum Gasteiger partial charge on any atom is -0.456 e. The number of halogens is 2. The molecule has 0 amide bonds. The van der Waals surface area contributed by atoms with Crippen molar-refractivity contribution in [1.82, 2.24) is 10.2 Å². The molecule has 3 saturated heterocycles. The van der Waals surface area contributed by atoms with Gasteiger partial charge in [0.2, 0.25) is 0 Å². The molecule has 2 bridgehead atoms. The Balaban J connectivity index is 0.000000841. The zero-order valence-electron chi connectivity index (χ0n) is 14.6. The van der Waals surface area contributed by atoms with Gasteiger partial charge in [0.1, 0.15) is 11.2 Å². The van der Waals surface area contributed by atoms with E-state index in [1.807, 2.05) is 0 Å². The van der Waals surface area contributed by atoms with Gasteiger partial charge in [-0.15, -0.1) is 24.8 Å². The zero-order chi connectivity index (χ0) is 15.7. The Bertz CT molecular complexity index is 922. The number of para-hydroxylation sites is 2. The van der Waals surface area contributed by atoms with Gasteiger partial charge in [0.25, 0.3) is 0 Å². The highest BCUT2D eigenvalue weighted by Crippen LogP contribution is 2.48. The van der Waals surface area contributed by atoms with Crippen molar-refractivity contribution < 1.29 is 4.42 Å². The summed E-state index contributed by atoms with van der Waals surface area (Å²) in [6.07, 6.45) is 2.76. The summed E-state index contributed by atoms with van der Waals surface area (Å²) in [6, 6.07) is 16.6. The van der Waals surface area contributed by atoms with Crippen LogP contribution >= 0.6 is 24.8 Å². The van der Waals surface area contributed by atoms with Gasteiger partial charge in [-0.05, 0) is 43.8 Å². The number of benzene rings is 2. The molecule has 0 saturated carbocycles. The molecule has 4 atom stereocenters. The first-order valence-electron chi connectivity index (χ1n) is 9.26. The molecule has 2 aromatic carbocycles. The normalized spacial score (nSPS) is 29.7. The van der Waals surface area contributed by atoms with E-state index in [2.05, 4.69) is 52.7 Å². The van der Waals surface area contributed by atoms with Crippen LogP contribution < -0.4 is 5.32 Å². The van der Waals surface area contributed by atoms with Gasteiger partial charge in [0, 0.05) is 35.0 Å². The highest BCUT2D eigenvalue weighted by Gasteiger charge is 2.54. The van der Waals surface area contributed by atoms with Gasteiger partial charge in [-0.3, -0.25) is 4.90 Å². The van der Waals surface area contributed by atoms with Crippen LogP contribution in [0.1, 0.15) is 18.4 Å². The number of nitrogens with zero attached hydrogens (tertiary/aromatic N) is 1. The lowest BCUT2D eigenvalue weighted by Crippen LogP contribution is -2.33. The van der Waals surface area contributed by atoms with Crippen LogP contribution in [-0.4, -0.2) is 30.1 Å². The highest BCUT2D eigenvalue weighted by atomic mass is 35.5. The molecule has 0 aliphatic carbocycles. The van der Waals surface area contributed by atoms with Crippen molar-refractivity contribution >= 4 is 46.8 Å². The van der Waals surface area contributed by atoms with Crippen LogP contribution in [-0.2, 0) is 6.54 Å². The summed E-state index contributed by atoms with van der Waals surface area (Å²) in [4.78, 5) is 2.79. The average Bonchev–Trinajstić information content (AvgIpc) is 3.35. The molecule has 3 aliphatic rings. The van der Waals surface area contributed by atoms with Crippen molar-refractivity contribution in [2.45, 2.75) is 31.5 Å². The second-order valence-corrected chi connectivity index (χ2v) is 7.76. The summed E-state index contributed by atoms with van der Waals surface area (Å²) in [6.45, 7) is 3.48. The fourth-order valence-corrected chi connectivity index (χ4v) is 5.76. The fraction of sp³-hybridized carbons (Fsp3) is 0.429. The number of hydrogen-bond donors (Lipinski definition) is 1. The largest absolute Gasteiger partial charge is 0.456 e. The molecular formula is C21H24Cl2N2O. The first kappa shape index (κ1) is 18.1. The summed E-state index contributed by atoms with van der Waals surface area (Å²) in [5, 5.41) is 6.11. The van der Waals surface area contributed by atoms with E-state index in [0.717, 1.165) is 41.6 Å². The molecule has 6 rings (SSSR count). The number of rotatable bonds is 2. The molecule has 1 N–H and O–H groups in total. The minimum absolute atomic E-state index is 0. The smallest absolute Gasteiger partial charge is 0.139 e. The van der Waals surface area contributed by atoms with Crippen LogP contribution in [0.25, 0.3) is 21.9 Å². The third-order valence-corrected chi connectivity index (χ3v) is 6.75. The molecular weight excluding hydrogens is 367 g/mol. The van der Waals surface area contributed by atoms with Crippen molar-refractivity contribution in [3.05, 3.63) is 48.0 Å². The standard InChI is InChI=1S/C21H22N2O.2ClH/c1-2-7-20-14(5-1)15-6-3-4-13(21(15)24-20)12-23-18-8-9-19(23)17-11-22-10-16(17)18;;/h1-7,16-19,22H,8-12H2;2*1H/t16-,17+,18-,19+;;. The van der Waals surface area contributed by atoms with Crippen molar-refractivity contribution in [1.29, 1.82) is 0 Å². The molecule has 0 radical (unpaired) electrons. The zero-order valence-corrected chi connectivity index (χ0v) is 16.2. The van der Waals surface area contributed by atoms with Gasteiger partial charge in [0.05, 0.1) is 0 Å². The molecule has 3 fully saturated rings. The number of fused-ring (bicyclic) bond motifs is 8. The molecule has 0 unspecified atom stereocenters. The highest BCUT2D eigenvalue weighted by molar-refractivity contribution is 6.05. The molecule has 4 heterocycles. The van der Waals surface area contributed by atoms with E-state index in [1.54, 1.807) is 0 Å². The molecule has 26 heavy (non-hydrogen) atoms. The van der Waals surface area contributed by atoms with Gasteiger partial charge in [-0.2, -0.15) is 0 Å². The van der Waals surface area contributed by atoms with Crippen molar-refractivity contribution in [2.24, 2.45) is 11.8 Å². The number of furan rings is 1. The molecule has 3 aromatic rings. The van der Waals surface area contributed by atoms with Crippen molar-refractivity contribution in [2.75, 3.05) is 13.1 Å². The summed E-state index contributed by atoms with van der Waals surface area (Å²) >= 11 is 0. The first-order chi connectivity index (χ1) is 11.9. The number of hydrogen-bond acceptors (Lipinski definition) is 3. The fourth-order valence-electron chi connectivity index (χ4n) is 5.76. The van der Waals surface area contributed by atoms with Gasteiger partial charge >= 0.3 is 0 Å². The minimum atomic E-state index is 0. The molecule has 1 aromatic heterocycles. The Morgan fingerprint density at radius 2 is 1.58 bits per heavy atom. The summed E-state index contributed by atoms with van der Waals surface area (Å²) in [7, 11) is 0. The van der Waals surface area contributed by atoms with E-state index >= 15 is 0 Å². The van der Waals surface area contributed by atoms with Gasteiger partial charge in [-0.25, -0.2) is 0 Å². The average molecular weight is 391 g/mol. The second-order valence-electron chi connectivity index (χ2n) is 7.76. The molecule has 3 aliphatic heterocycles. The van der Waals surface area contributed by atoms with Crippen molar-refractivity contribution in [3.8, 4) is 0 Å². The lowest BCUT2D eigenvalue weighted by atomic mass is 9.82. The summed E-state index contributed by atoms with van der Waals surface area (Å²) in [5.74, 6) is 1.75. The maximum Gasteiger partial charge on any atom is 0.139 e. The summed E-state index contributed by atoms with van der Waals surface area (Å²) in [5.41, 5.74) is 3.45. The first-order valence-corrected chi connectivity index (χ1v) is 9.26. The molecule has 138 valence electrons. The maximum absolute atomic E-state index is 6.24. The number of nitrogens with one attached hydrogen (secondary N) is 1. The Morgan fingerprint density at radius 3 is 2.35 bits per heavy atom. The van der Waals surface area contributed by atoms with E-state index in [1.165, 1.54) is 42.3 Å². The van der Waals surface area contributed by atoms with Crippen LogP contribution in [0.3, 0.4) is 0 Å². The monoisotopic (exact) mass is 390 g/mol. The van der Waals surface area contributed by atoms with E-state index in [0.29, 0.717) is 0 Å². The molecule has 0 spiro atoms. The van der Waals surface area contributed by atoms with Crippen molar-refractivity contribution in [3.63, 3.8) is 0 Å².